The van der Waals surface area contributed by atoms with Crippen molar-refractivity contribution in [3.63, 3.8) is 0 Å². The molecule has 0 aliphatic carbocycles. The summed E-state index contributed by atoms with van der Waals surface area (Å²) in [4.78, 5) is 14.3. The average Bonchev–Trinajstić information content (AvgIpc) is 2.97. The fraction of sp³-hybridized carbons (Fsp3) is 0.278. The molecule has 1 amide bonds. The van der Waals surface area contributed by atoms with Gasteiger partial charge >= 0.3 is 0 Å². The standard InChI is InChI=1S/C18H18FNO2/c1-22-16-7-8-17-14(12-16)10-11-20(17)18(21)9-4-13-2-5-15(19)6-3-13/h2-3,5-8,12H,4,9-11H2,1H3. The zero-order valence-corrected chi connectivity index (χ0v) is 12.5. The molecular formula is C18H18FNO2. The summed E-state index contributed by atoms with van der Waals surface area (Å²) in [5.74, 6) is 0.671. The number of amides is 1. The Morgan fingerprint density at radius 2 is 2.00 bits per heavy atom. The van der Waals surface area contributed by atoms with Gasteiger partial charge < -0.3 is 9.64 Å². The molecule has 2 aromatic rings. The maximum atomic E-state index is 12.9. The Morgan fingerprint density at radius 1 is 1.23 bits per heavy atom. The van der Waals surface area contributed by atoms with Crippen LogP contribution in [0.3, 0.4) is 0 Å². The number of benzene rings is 2. The summed E-state index contributed by atoms with van der Waals surface area (Å²) < 4.78 is 18.1. The third kappa shape index (κ3) is 2.96. The molecule has 0 spiro atoms. The van der Waals surface area contributed by atoms with Gasteiger partial charge in [0, 0.05) is 18.7 Å². The van der Waals surface area contributed by atoms with Crippen LogP contribution in [0.2, 0.25) is 0 Å². The summed E-state index contributed by atoms with van der Waals surface area (Å²) in [6.07, 6.45) is 1.91. The molecule has 0 saturated heterocycles. The molecule has 0 saturated carbocycles. The molecule has 0 aromatic heterocycles. The Morgan fingerprint density at radius 3 is 2.73 bits per heavy atom. The largest absolute Gasteiger partial charge is 0.497 e. The number of hydrogen-bond donors (Lipinski definition) is 0. The van der Waals surface area contributed by atoms with Crippen molar-refractivity contribution in [2.45, 2.75) is 19.3 Å². The van der Waals surface area contributed by atoms with Crippen LogP contribution >= 0.6 is 0 Å². The molecule has 0 unspecified atom stereocenters. The lowest BCUT2D eigenvalue weighted by molar-refractivity contribution is -0.118. The van der Waals surface area contributed by atoms with Crippen molar-refractivity contribution in [3.05, 3.63) is 59.4 Å². The summed E-state index contributed by atoms with van der Waals surface area (Å²) in [6, 6.07) is 12.1. The smallest absolute Gasteiger partial charge is 0.227 e. The lowest BCUT2D eigenvalue weighted by Gasteiger charge is -2.17. The molecule has 3 rings (SSSR count). The van der Waals surface area contributed by atoms with Crippen LogP contribution in [0.15, 0.2) is 42.5 Å². The van der Waals surface area contributed by atoms with Crippen molar-refractivity contribution < 1.29 is 13.9 Å². The maximum absolute atomic E-state index is 12.9. The molecule has 1 aliphatic heterocycles. The van der Waals surface area contributed by atoms with Crippen LogP contribution in [-0.4, -0.2) is 19.6 Å². The van der Waals surface area contributed by atoms with Crippen LogP contribution < -0.4 is 9.64 Å². The summed E-state index contributed by atoms with van der Waals surface area (Å²) in [7, 11) is 1.64. The summed E-state index contributed by atoms with van der Waals surface area (Å²) in [6.45, 7) is 0.713. The first-order valence-electron chi connectivity index (χ1n) is 7.39. The van der Waals surface area contributed by atoms with Gasteiger partial charge in [0.2, 0.25) is 5.91 Å². The van der Waals surface area contributed by atoms with Gasteiger partial charge in [0.25, 0.3) is 0 Å². The second-order valence-electron chi connectivity index (χ2n) is 5.42. The average molecular weight is 299 g/mol. The van der Waals surface area contributed by atoms with E-state index in [-0.39, 0.29) is 11.7 Å². The third-order valence-corrected chi connectivity index (χ3v) is 4.02. The molecule has 0 N–H and O–H groups in total. The molecule has 4 heteroatoms. The van der Waals surface area contributed by atoms with E-state index in [4.69, 9.17) is 4.74 Å². The second-order valence-corrected chi connectivity index (χ2v) is 5.42. The summed E-state index contributed by atoms with van der Waals surface area (Å²) >= 11 is 0. The zero-order valence-electron chi connectivity index (χ0n) is 12.5. The first-order chi connectivity index (χ1) is 10.7. The fourth-order valence-corrected chi connectivity index (χ4v) is 2.80. The number of aryl methyl sites for hydroxylation is 1. The van der Waals surface area contributed by atoms with E-state index >= 15 is 0 Å². The van der Waals surface area contributed by atoms with Crippen LogP contribution in [0.4, 0.5) is 10.1 Å². The predicted molar refractivity (Wildman–Crippen MR) is 83.8 cm³/mol. The second kappa shape index (κ2) is 6.18. The van der Waals surface area contributed by atoms with Crippen molar-refractivity contribution in [2.24, 2.45) is 0 Å². The first-order valence-corrected chi connectivity index (χ1v) is 7.39. The molecule has 0 atom stereocenters. The number of methoxy groups -OCH3 is 1. The van der Waals surface area contributed by atoms with Crippen LogP contribution in [-0.2, 0) is 17.6 Å². The van der Waals surface area contributed by atoms with E-state index in [0.29, 0.717) is 19.4 Å². The Bertz CT molecular complexity index is 682. The van der Waals surface area contributed by atoms with Gasteiger partial charge in [-0.2, -0.15) is 0 Å². The van der Waals surface area contributed by atoms with Crippen molar-refractivity contribution in [2.75, 3.05) is 18.6 Å². The van der Waals surface area contributed by atoms with E-state index in [1.807, 2.05) is 23.1 Å². The van der Waals surface area contributed by atoms with Crippen LogP contribution in [0, 0.1) is 5.82 Å². The fourth-order valence-electron chi connectivity index (χ4n) is 2.80. The summed E-state index contributed by atoms with van der Waals surface area (Å²) in [5, 5.41) is 0. The lowest BCUT2D eigenvalue weighted by Crippen LogP contribution is -2.29. The molecule has 22 heavy (non-hydrogen) atoms. The van der Waals surface area contributed by atoms with Crippen molar-refractivity contribution in [1.82, 2.24) is 0 Å². The third-order valence-electron chi connectivity index (χ3n) is 4.02. The molecular weight excluding hydrogens is 281 g/mol. The van der Waals surface area contributed by atoms with Gasteiger partial charge in [-0.25, -0.2) is 4.39 Å². The summed E-state index contributed by atoms with van der Waals surface area (Å²) in [5.41, 5.74) is 3.10. The maximum Gasteiger partial charge on any atom is 0.227 e. The Hall–Kier alpha value is -2.36. The Labute approximate surface area is 129 Å². The molecule has 3 nitrogen and oxygen atoms in total. The first kappa shape index (κ1) is 14.6. The molecule has 0 bridgehead atoms. The number of halogens is 1. The van der Waals surface area contributed by atoms with Crippen LogP contribution in [0.5, 0.6) is 5.75 Å². The highest BCUT2D eigenvalue weighted by Crippen LogP contribution is 2.31. The highest BCUT2D eigenvalue weighted by atomic mass is 19.1. The Balaban J connectivity index is 1.66. The van der Waals surface area contributed by atoms with E-state index in [1.165, 1.54) is 12.1 Å². The van der Waals surface area contributed by atoms with E-state index in [9.17, 15) is 9.18 Å². The zero-order chi connectivity index (χ0) is 15.5. The lowest BCUT2D eigenvalue weighted by atomic mass is 10.1. The normalized spacial score (nSPS) is 13.1. The minimum absolute atomic E-state index is 0.105. The van der Waals surface area contributed by atoms with Gasteiger partial charge in [0.1, 0.15) is 11.6 Å². The monoisotopic (exact) mass is 299 g/mol. The van der Waals surface area contributed by atoms with E-state index in [2.05, 4.69) is 0 Å². The van der Waals surface area contributed by atoms with Gasteiger partial charge in [0.05, 0.1) is 7.11 Å². The molecule has 1 aliphatic rings. The highest BCUT2D eigenvalue weighted by Gasteiger charge is 2.24. The quantitative estimate of drug-likeness (QED) is 0.866. The van der Waals surface area contributed by atoms with Crippen molar-refractivity contribution in [1.29, 1.82) is 0 Å². The molecule has 0 radical (unpaired) electrons. The van der Waals surface area contributed by atoms with Crippen LogP contribution in [0.25, 0.3) is 0 Å². The van der Waals surface area contributed by atoms with Gasteiger partial charge in [-0.15, -0.1) is 0 Å². The molecule has 1 heterocycles. The number of ether oxygens (including phenoxy) is 1. The molecule has 0 fully saturated rings. The van der Waals surface area contributed by atoms with Gasteiger partial charge in [-0.1, -0.05) is 12.1 Å². The van der Waals surface area contributed by atoms with Crippen molar-refractivity contribution >= 4 is 11.6 Å². The molecule has 2 aromatic carbocycles. The van der Waals surface area contributed by atoms with Crippen LogP contribution in [0.1, 0.15) is 17.5 Å². The van der Waals surface area contributed by atoms with E-state index in [1.54, 1.807) is 19.2 Å². The van der Waals surface area contributed by atoms with Gasteiger partial charge in [-0.3, -0.25) is 4.79 Å². The number of hydrogen-bond acceptors (Lipinski definition) is 2. The Kier molecular flexibility index (Phi) is 4.09. The minimum Gasteiger partial charge on any atom is -0.497 e. The number of anilines is 1. The SMILES string of the molecule is COc1ccc2c(c1)CCN2C(=O)CCc1ccc(F)cc1. The molecule has 114 valence electrons. The number of carbonyl (C=O) groups is 1. The van der Waals surface area contributed by atoms with Gasteiger partial charge in [-0.05, 0) is 54.3 Å². The predicted octanol–water partition coefficient (Wildman–Crippen LogP) is 3.36. The minimum atomic E-state index is -0.252. The number of rotatable bonds is 4. The van der Waals surface area contributed by atoms with E-state index < -0.39 is 0 Å². The van der Waals surface area contributed by atoms with Gasteiger partial charge in [0.15, 0.2) is 0 Å². The topological polar surface area (TPSA) is 29.5 Å². The number of fused-ring (bicyclic) bond motifs is 1. The van der Waals surface area contributed by atoms with E-state index in [0.717, 1.165) is 29.0 Å². The number of carbonyl (C=O) groups excluding carboxylic acids is 1. The number of nitrogens with zero attached hydrogens (tertiary/aromatic N) is 1. The highest BCUT2D eigenvalue weighted by molar-refractivity contribution is 5.95. The van der Waals surface area contributed by atoms with Crippen molar-refractivity contribution in [3.8, 4) is 5.75 Å².